The van der Waals surface area contributed by atoms with E-state index in [1.165, 1.54) is 27.2 Å². The maximum absolute atomic E-state index is 12.2. The van der Waals surface area contributed by atoms with Crippen LogP contribution >= 0.6 is 11.3 Å². The van der Waals surface area contributed by atoms with Crippen molar-refractivity contribution in [2.45, 2.75) is 6.54 Å². The largest absolute Gasteiger partial charge is 0.450 e. The van der Waals surface area contributed by atoms with Gasteiger partial charge >= 0.3 is 0 Å². The molecule has 0 spiro atoms. The van der Waals surface area contributed by atoms with Gasteiger partial charge in [-0.25, -0.2) is 9.67 Å². The van der Waals surface area contributed by atoms with Crippen molar-refractivity contribution in [3.05, 3.63) is 41.7 Å². The Morgan fingerprint density at radius 3 is 2.88 bits per heavy atom. The van der Waals surface area contributed by atoms with Crippen LogP contribution in [0.15, 0.2) is 40.4 Å². The molecular formula is C15H15N5O3S. The van der Waals surface area contributed by atoms with Gasteiger partial charge in [0.1, 0.15) is 18.6 Å². The molecule has 0 aliphatic carbocycles. The van der Waals surface area contributed by atoms with Crippen molar-refractivity contribution in [2.75, 3.05) is 19.4 Å². The highest BCUT2D eigenvalue weighted by atomic mass is 32.1. The minimum Gasteiger partial charge on any atom is -0.450 e. The van der Waals surface area contributed by atoms with Crippen molar-refractivity contribution in [3.63, 3.8) is 0 Å². The van der Waals surface area contributed by atoms with Crippen LogP contribution in [-0.4, -0.2) is 45.6 Å². The van der Waals surface area contributed by atoms with Gasteiger partial charge in [-0.3, -0.25) is 14.9 Å². The fourth-order valence-electron chi connectivity index (χ4n) is 1.88. The summed E-state index contributed by atoms with van der Waals surface area (Å²) in [5.41, 5.74) is 0. The summed E-state index contributed by atoms with van der Waals surface area (Å²) in [5, 5.41) is 8.52. The third-order valence-corrected chi connectivity index (χ3v) is 4.04. The van der Waals surface area contributed by atoms with Gasteiger partial charge in [0.05, 0.1) is 4.88 Å². The van der Waals surface area contributed by atoms with Gasteiger partial charge in [-0.05, 0) is 23.6 Å². The van der Waals surface area contributed by atoms with E-state index in [0.29, 0.717) is 5.76 Å². The molecule has 3 aromatic heterocycles. The highest BCUT2D eigenvalue weighted by Gasteiger charge is 2.15. The first-order valence-corrected chi connectivity index (χ1v) is 7.95. The number of rotatable bonds is 5. The average Bonchev–Trinajstić information content (AvgIpc) is 3.28. The number of nitrogens with zero attached hydrogens (tertiary/aromatic N) is 4. The fraction of sp³-hybridized carbons (Fsp3) is 0.200. The molecule has 0 radical (unpaired) electrons. The molecule has 24 heavy (non-hydrogen) atoms. The van der Waals surface area contributed by atoms with E-state index in [9.17, 15) is 9.59 Å². The Bertz CT molecular complexity index is 850. The van der Waals surface area contributed by atoms with Crippen LogP contribution in [0.25, 0.3) is 10.6 Å². The molecule has 0 aliphatic heterocycles. The van der Waals surface area contributed by atoms with Crippen LogP contribution in [0, 0.1) is 0 Å². The molecular weight excluding hydrogens is 330 g/mol. The zero-order valence-corrected chi connectivity index (χ0v) is 13.9. The summed E-state index contributed by atoms with van der Waals surface area (Å²) >= 11 is 1.53. The second-order valence-corrected chi connectivity index (χ2v) is 6.10. The molecule has 0 saturated heterocycles. The van der Waals surface area contributed by atoms with Gasteiger partial charge < -0.3 is 9.32 Å². The Kier molecular flexibility index (Phi) is 4.43. The molecule has 8 nitrogen and oxygen atoms in total. The second-order valence-electron chi connectivity index (χ2n) is 5.15. The van der Waals surface area contributed by atoms with Crippen LogP contribution in [0.2, 0.25) is 0 Å². The van der Waals surface area contributed by atoms with Gasteiger partial charge in [0, 0.05) is 14.1 Å². The number of amides is 2. The minimum atomic E-state index is -0.450. The summed E-state index contributed by atoms with van der Waals surface area (Å²) < 4.78 is 6.90. The first-order chi connectivity index (χ1) is 11.5. The number of anilines is 1. The number of likely N-dealkylation sites (N-methyl/N-ethyl adjacent to an activating group) is 1. The minimum absolute atomic E-state index is 0.0547. The third-order valence-electron chi connectivity index (χ3n) is 3.15. The Balaban J connectivity index is 1.65. The van der Waals surface area contributed by atoms with Crippen LogP contribution < -0.4 is 5.32 Å². The maximum atomic E-state index is 12.2. The predicted molar refractivity (Wildman–Crippen MR) is 88.7 cm³/mol. The van der Waals surface area contributed by atoms with E-state index in [1.54, 1.807) is 26.2 Å². The van der Waals surface area contributed by atoms with Crippen molar-refractivity contribution >= 4 is 29.1 Å². The zero-order valence-electron chi connectivity index (χ0n) is 13.1. The van der Waals surface area contributed by atoms with Crippen LogP contribution in [0.5, 0.6) is 0 Å². The van der Waals surface area contributed by atoms with E-state index in [1.807, 2.05) is 17.5 Å². The third kappa shape index (κ3) is 3.51. The monoisotopic (exact) mass is 345 g/mol. The first kappa shape index (κ1) is 15.9. The number of nitrogens with one attached hydrogen (secondary N) is 1. The number of hydrogen-bond donors (Lipinski definition) is 1. The molecule has 3 heterocycles. The number of carbonyl (C=O) groups excluding carboxylic acids is 2. The number of aromatic nitrogens is 3. The summed E-state index contributed by atoms with van der Waals surface area (Å²) in [4.78, 5) is 30.1. The van der Waals surface area contributed by atoms with Gasteiger partial charge in [-0.2, -0.15) is 0 Å². The molecule has 0 bridgehead atoms. The molecule has 2 amide bonds. The molecule has 0 aliphatic rings. The van der Waals surface area contributed by atoms with E-state index in [-0.39, 0.29) is 24.2 Å². The predicted octanol–water partition coefficient (Wildman–Crippen LogP) is 1.94. The van der Waals surface area contributed by atoms with Crippen molar-refractivity contribution in [2.24, 2.45) is 0 Å². The van der Waals surface area contributed by atoms with Crippen molar-refractivity contribution in [3.8, 4) is 10.6 Å². The van der Waals surface area contributed by atoms with Crippen LogP contribution in [0.1, 0.15) is 10.6 Å². The number of furan rings is 1. The van der Waals surface area contributed by atoms with Crippen molar-refractivity contribution in [1.82, 2.24) is 19.7 Å². The van der Waals surface area contributed by atoms with Gasteiger partial charge in [-0.15, -0.1) is 16.4 Å². The molecule has 0 unspecified atom stereocenters. The summed E-state index contributed by atoms with van der Waals surface area (Å²) in [6.07, 6.45) is 1.39. The van der Waals surface area contributed by atoms with E-state index in [2.05, 4.69) is 15.4 Å². The summed E-state index contributed by atoms with van der Waals surface area (Å²) in [5.74, 6) is 0.337. The van der Waals surface area contributed by atoms with Crippen LogP contribution in [-0.2, 0) is 11.3 Å². The number of thiophene rings is 1. The average molecular weight is 345 g/mol. The lowest BCUT2D eigenvalue weighted by molar-refractivity contribution is -0.129. The SMILES string of the molecule is CN(C)C(=O)Cn1cnc(NC(=O)c2ccc(-c3cccs3)o2)n1. The Morgan fingerprint density at radius 2 is 2.17 bits per heavy atom. The topological polar surface area (TPSA) is 93.3 Å². The lowest BCUT2D eigenvalue weighted by Gasteiger charge is -2.08. The van der Waals surface area contributed by atoms with Gasteiger partial charge in [0.2, 0.25) is 11.9 Å². The van der Waals surface area contributed by atoms with Crippen molar-refractivity contribution < 1.29 is 14.0 Å². The molecule has 9 heteroatoms. The van der Waals surface area contributed by atoms with E-state index >= 15 is 0 Å². The highest BCUT2D eigenvalue weighted by molar-refractivity contribution is 7.13. The lowest BCUT2D eigenvalue weighted by Crippen LogP contribution is -2.26. The van der Waals surface area contributed by atoms with Crippen LogP contribution in [0.4, 0.5) is 5.95 Å². The standard InChI is InChI=1S/C15H15N5O3S/c1-19(2)13(21)8-20-9-16-15(18-20)17-14(22)11-6-5-10(23-11)12-4-3-7-24-12/h3-7,9H,8H2,1-2H3,(H,17,18,22). The molecule has 124 valence electrons. The molecule has 0 fully saturated rings. The van der Waals surface area contributed by atoms with Gasteiger partial charge in [0.25, 0.3) is 5.91 Å². The first-order valence-electron chi connectivity index (χ1n) is 7.07. The molecule has 0 atom stereocenters. The van der Waals surface area contributed by atoms with Crippen molar-refractivity contribution in [1.29, 1.82) is 0 Å². The maximum Gasteiger partial charge on any atom is 0.293 e. The highest BCUT2D eigenvalue weighted by Crippen LogP contribution is 2.26. The van der Waals surface area contributed by atoms with E-state index in [4.69, 9.17) is 4.42 Å². The van der Waals surface area contributed by atoms with E-state index < -0.39 is 5.91 Å². The molecule has 3 rings (SSSR count). The Hall–Kier alpha value is -2.94. The normalized spacial score (nSPS) is 10.6. The smallest absolute Gasteiger partial charge is 0.293 e. The summed E-state index contributed by atoms with van der Waals surface area (Å²) in [7, 11) is 3.31. The number of carbonyl (C=O) groups is 2. The number of hydrogen-bond acceptors (Lipinski definition) is 6. The molecule has 0 saturated carbocycles. The fourth-order valence-corrected chi connectivity index (χ4v) is 2.57. The van der Waals surface area contributed by atoms with E-state index in [0.717, 1.165) is 4.88 Å². The van der Waals surface area contributed by atoms with Gasteiger partial charge in [0.15, 0.2) is 5.76 Å². The Morgan fingerprint density at radius 1 is 1.33 bits per heavy atom. The molecule has 1 N–H and O–H groups in total. The lowest BCUT2D eigenvalue weighted by atomic mass is 10.3. The summed E-state index contributed by atoms with van der Waals surface area (Å²) in [6, 6.07) is 7.16. The van der Waals surface area contributed by atoms with Gasteiger partial charge in [-0.1, -0.05) is 6.07 Å². The van der Waals surface area contributed by atoms with Crippen LogP contribution in [0.3, 0.4) is 0 Å². The molecule has 0 aromatic carbocycles. The Labute approximate surface area is 141 Å². The summed E-state index contributed by atoms with van der Waals surface area (Å²) in [6.45, 7) is 0.0547. The molecule has 3 aromatic rings. The second kappa shape index (κ2) is 6.67. The quantitative estimate of drug-likeness (QED) is 0.763. The zero-order chi connectivity index (χ0) is 17.1.